The summed E-state index contributed by atoms with van der Waals surface area (Å²) in [5, 5.41) is 15.2. The number of carbonyl (C=O) groups is 1. The Kier molecular flexibility index (Phi) is 4.31. The van der Waals surface area contributed by atoms with Gasteiger partial charge in [0.1, 0.15) is 0 Å². The van der Waals surface area contributed by atoms with E-state index in [4.69, 9.17) is 10.9 Å². The number of nitrogens with two attached hydrogens (primary N) is 1. The standard InChI is InChI=1S/C13H14N4O2S/c1-8-15-6-11(20-8)7-16-13(18)10-4-2-9(3-5-10)12(14)17-19/h2-6,19H,7H2,1H3,(H2,14,17)(H,16,18). The molecule has 7 heteroatoms. The van der Waals surface area contributed by atoms with Gasteiger partial charge in [-0.3, -0.25) is 4.79 Å². The first-order chi connectivity index (χ1) is 9.60. The topological polar surface area (TPSA) is 101 Å². The van der Waals surface area contributed by atoms with E-state index in [0.717, 1.165) is 9.88 Å². The van der Waals surface area contributed by atoms with Crippen molar-refractivity contribution in [2.75, 3.05) is 0 Å². The van der Waals surface area contributed by atoms with Gasteiger partial charge in [0.2, 0.25) is 0 Å². The minimum absolute atomic E-state index is 0.0112. The highest BCUT2D eigenvalue weighted by Crippen LogP contribution is 2.11. The lowest BCUT2D eigenvalue weighted by molar-refractivity contribution is 0.0951. The smallest absolute Gasteiger partial charge is 0.251 e. The summed E-state index contributed by atoms with van der Waals surface area (Å²) in [7, 11) is 0. The number of aryl methyl sites for hydroxylation is 1. The molecular weight excluding hydrogens is 276 g/mol. The van der Waals surface area contributed by atoms with Gasteiger partial charge in [-0.05, 0) is 19.1 Å². The average molecular weight is 290 g/mol. The number of nitrogens with zero attached hydrogens (tertiary/aromatic N) is 2. The van der Waals surface area contributed by atoms with Crippen LogP contribution < -0.4 is 11.1 Å². The van der Waals surface area contributed by atoms with Gasteiger partial charge in [0, 0.05) is 22.2 Å². The molecule has 0 saturated carbocycles. The van der Waals surface area contributed by atoms with Crippen LogP contribution in [0.3, 0.4) is 0 Å². The van der Waals surface area contributed by atoms with Gasteiger partial charge in [-0.2, -0.15) is 0 Å². The lowest BCUT2D eigenvalue weighted by Crippen LogP contribution is -2.22. The molecule has 0 aliphatic heterocycles. The van der Waals surface area contributed by atoms with E-state index in [1.165, 1.54) is 0 Å². The highest BCUT2D eigenvalue weighted by molar-refractivity contribution is 7.11. The molecule has 2 rings (SSSR count). The lowest BCUT2D eigenvalue weighted by atomic mass is 10.1. The molecule has 0 aliphatic carbocycles. The predicted molar refractivity (Wildman–Crippen MR) is 77.0 cm³/mol. The van der Waals surface area contributed by atoms with Gasteiger partial charge in [-0.15, -0.1) is 11.3 Å². The molecule has 0 radical (unpaired) electrons. The largest absolute Gasteiger partial charge is 0.409 e. The SMILES string of the molecule is Cc1ncc(CNC(=O)c2ccc(C(N)=NO)cc2)s1. The van der Waals surface area contributed by atoms with Crippen LogP contribution in [0.5, 0.6) is 0 Å². The number of amides is 1. The zero-order chi connectivity index (χ0) is 14.5. The maximum Gasteiger partial charge on any atom is 0.251 e. The van der Waals surface area contributed by atoms with Crippen LogP contribution in [0.4, 0.5) is 0 Å². The number of carbonyl (C=O) groups excluding carboxylic acids is 1. The highest BCUT2D eigenvalue weighted by atomic mass is 32.1. The molecule has 0 atom stereocenters. The molecule has 0 aliphatic rings. The monoisotopic (exact) mass is 290 g/mol. The van der Waals surface area contributed by atoms with Gasteiger partial charge < -0.3 is 16.3 Å². The lowest BCUT2D eigenvalue weighted by Gasteiger charge is -2.04. The Balaban J connectivity index is 1.99. The fourth-order valence-electron chi connectivity index (χ4n) is 1.61. The molecule has 1 heterocycles. The van der Waals surface area contributed by atoms with E-state index >= 15 is 0 Å². The van der Waals surface area contributed by atoms with E-state index in [-0.39, 0.29) is 11.7 Å². The van der Waals surface area contributed by atoms with E-state index in [9.17, 15) is 4.79 Å². The van der Waals surface area contributed by atoms with Crippen LogP contribution in [0.2, 0.25) is 0 Å². The van der Waals surface area contributed by atoms with Crippen LogP contribution in [-0.2, 0) is 6.54 Å². The summed E-state index contributed by atoms with van der Waals surface area (Å²) < 4.78 is 0. The number of rotatable bonds is 4. The third kappa shape index (κ3) is 3.33. The van der Waals surface area contributed by atoms with Crippen molar-refractivity contribution in [1.82, 2.24) is 10.3 Å². The van der Waals surface area contributed by atoms with Crippen molar-refractivity contribution in [1.29, 1.82) is 0 Å². The van der Waals surface area contributed by atoms with Crippen LogP contribution in [0.1, 0.15) is 25.8 Å². The minimum atomic E-state index is -0.179. The number of hydrogen-bond donors (Lipinski definition) is 3. The molecule has 2 aromatic rings. The summed E-state index contributed by atoms with van der Waals surface area (Å²) >= 11 is 1.55. The van der Waals surface area contributed by atoms with Gasteiger partial charge in [0.15, 0.2) is 5.84 Å². The molecular formula is C13H14N4O2S. The summed E-state index contributed by atoms with van der Waals surface area (Å²) in [5.41, 5.74) is 6.52. The summed E-state index contributed by atoms with van der Waals surface area (Å²) in [6.45, 7) is 2.37. The highest BCUT2D eigenvalue weighted by Gasteiger charge is 2.07. The Morgan fingerprint density at radius 3 is 2.60 bits per heavy atom. The fraction of sp³-hybridized carbons (Fsp3) is 0.154. The van der Waals surface area contributed by atoms with Crippen molar-refractivity contribution >= 4 is 23.1 Å². The van der Waals surface area contributed by atoms with Crippen LogP contribution in [0, 0.1) is 6.92 Å². The van der Waals surface area contributed by atoms with Gasteiger partial charge in [-0.1, -0.05) is 17.3 Å². The van der Waals surface area contributed by atoms with Gasteiger partial charge in [-0.25, -0.2) is 4.98 Å². The van der Waals surface area contributed by atoms with E-state index in [1.54, 1.807) is 41.8 Å². The average Bonchev–Trinajstić information content (AvgIpc) is 2.89. The number of nitrogens with one attached hydrogen (secondary N) is 1. The van der Waals surface area contributed by atoms with E-state index in [2.05, 4.69) is 15.5 Å². The maximum atomic E-state index is 11.9. The molecule has 0 fully saturated rings. The Labute approximate surface area is 120 Å². The van der Waals surface area contributed by atoms with E-state index < -0.39 is 0 Å². The summed E-state index contributed by atoms with van der Waals surface area (Å²) in [6, 6.07) is 6.50. The molecule has 6 nitrogen and oxygen atoms in total. The zero-order valence-electron chi connectivity index (χ0n) is 10.8. The molecule has 20 heavy (non-hydrogen) atoms. The van der Waals surface area contributed by atoms with Gasteiger partial charge in [0.25, 0.3) is 5.91 Å². The molecule has 1 aromatic carbocycles. The number of hydrogen-bond acceptors (Lipinski definition) is 5. The van der Waals surface area contributed by atoms with Gasteiger partial charge >= 0.3 is 0 Å². The quantitative estimate of drug-likeness (QED) is 0.343. The first-order valence-corrected chi connectivity index (χ1v) is 6.69. The second-order valence-corrected chi connectivity index (χ2v) is 5.41. The van der Waals surface area contributed by atoms with Crippen LogP contribution in [0.25, 0.3) is 0 Å². The second-order valence-electron chi connectivity index (χ2n) is 4.09. The maximum absolute atomic E-state index is 11.9. The second kappa shape index (κ2) is 6.16. The van der Waals surface area contributed by atoms with Crippen molar-refractivity contribution in [3.63, 3.8) is 0 Å². The third-order valence-corrected chi connectivity index (χ3v) is 3.56. The van der Waals surface area contributed by atoms with E-state index in [1.807, 2.05) is 6.92 Å². The summed E-state index contributed by atoms with van der Waals surface area (Å²) in [6.07, 6.45) is 1.75. The molecule has 0 spiro atoms. The van der Waals surface area contributed by atoms with Crippen LogP contribution >= 0.6 is 11.3 Å². The minimum Gasteiger partial charge on any atom is -0.409 e. The number of aromatic nitrogens is 1. The van der Waals surface area contributed by atoms with E-state index in [0.29, 0.717) is 17.7 Å². The normalized spacial score (nSPS) is 11.3. The van der Waals surface area contributed by atoms with Crippen molar-refractivity contribution < 1.29 is 10.0 Å². The van der Waals surface area contributed by atoms with Crippen molar-refractivity contribution in [2.45, 2.75) is 13.5 Å². The fourth-order valence-corrected chi connectivity index (χ4v) is 2.34. The Morgan fingerprint density at radius 1 is 1.40 bits per heavy atom. The summed E-state index contributed by atoms with van der Waals surface area (Å²) in [4.78, 5) is 17.1. The molecule has 0 unspecified atom stereocenters. The molecule has 0 bridgehead atoms. The zero-order valence-corrected chi connectivity index (χ0v) is 11.6. The Hall–Kier alpha value is -2.41. The number of oxime groups is 1. The third-order valence-electron chi connectivity index (χ3n) is 2.64. The van der Waals surface area contributed by atoms with Crippen molar-refractivity contribution in [3.8, 4) is 0 Å². The molecule has 4 N–H and O–H groups in total. The predicted octanol–water partition coefficient (Wildman–Crippen LogP) is 1.48. The summed E-state index contributed by atoms with van der Waals surface area (Å²) in [5.74, 6) is -0.167. The number of amidine groups is 1. The Morgan fingerprint density at radius 2 is 2.05 bits per heavy atom. The van der Waals surface area contributed by atoms with Crippen molar-refractivity contribution in [3.05, 3.63) is 51.5 Å². The van der Waals surface area contributed by atoms with Crippen LogP contribution in [-0.4, -0.2) is 21.9 Å². The molecule has 104 valence electrons. The Bertz CT molecular complexity index is 634. The molecule has 1 aromatic heterocycles. The number of benzene rings is 1. The number of thiazole rings is 1. The van der Waals surface area contributed by atoms with Crippen molar-refractivity contribution in [2.24, 2.45) is 10.9 Å². The molecule has 0 saturated heterocycles. The van der Waals surface area contributed by atoms with Crippen LogP contribution in [0.15, 0.2) is 35.6 Å². The van der Waals surface area contributed by atoms with Gasteiger partial charge in [0.05, 0.1) is 11.6 Å². The molecule has 1 amide bonds. The first-order valence-electron chi connectivity index (χ1n) is 5.87. The first kappa shape index (κ1) is 14.0.